The van der Waals surface area contributed by atoms with Gasteiger partial charge in [0.05, 0.1) is 9.86 Å². The number of carbonyl (C=O) groups is 2. The highest BCUT2D eigenvalue weighted by atomic mass is 79.9. The number of fused-ring (bicyclic) bond motifs is 1. The summed E-state index contributed by atoms with van der Waals surface area (Å²) in [6.45, 7) is 7.50. The summed E-state index contributed by atoms with van der Waals surface area (Å²) in [7, 11) is 1.53. The van der Waals surface area contributed by atoms with Gasteiger partial charge in [0, 0.05) is 12.5 Å². The number of ketones is 1. The van der Waals surface area contributed by atoms with Crippen LogP contribution in [0, 0.1) is 5.41 Å². The standard InChI is InChI=1S/C13H18BrNO3S/c1-6-7(9(16)13(2,3)4)15-11(17)8(18-5)12(15)19-10(6)14/h8,10,12H,1-5H3/t8-,10?,12+/m0/s1. The molecule has 19 heavy (non-hydrogen) atoms. The third kappa shape index (κ3) is 2.28. The highest BCUT2D eigenvalue weighted by molar-refractivity contribution is 9.11. The van der Waals surface area contributed by atoms with Crippen LogP contribution < -0.4 is 0 Å². The molecule has 4 nitrogen and oxygen atoms in total. The van der Waals surface area contributed by atoms with Gasteiger partial charge in [0.1, 0.15) is 5.37 Å². The topological polar surface area (TPSA) is 46.6 Å². The predicted octanol–water partition coefficient (Wildman–Crippen LogP) is 2.53. The second-order valence-electron chi connectivity index (χ2n) is 5.82. The molecule has 0 aromatic carbocycles. The Labute approximate surface area is 126 Å². The van der Waals surface area contributed by atoms with Crippen LogP contribution in [-0.2, 0) is 14.3 Å². The van der Waals surface area contributed by atoms with Gasteiger partial charge in [-0.3, -0.25) is 14.5 Å². The van der Waals surface area contributed by atoms with Crippen molar-refractivity contribution in [2.75, 3.05) is 7.11 Å². The first-order chi connectivity index (χ1) is 8.70. The van der Waals surface area contributed by atoms with Crippen LogP contribution in [0.15, 0.2) is 11.3 Å². The van der Waals surface area contributed by atoms with E-state index in [1.807, 2.05) is 27.7 Å². The third-order valence-corrected chi connectivity index (χ3v) is 6.02. The zero-order chi connectivity index (χ0) is 14.5. The Morgan fingerprint density at radius 1 is 1.42 bits per heavy atom. The molecule has 2 aliphatic rings. The Morgan fingerprint density at radius 3 is 2.47 bits per heavy atom. The van der Waals surface area contributed by atoms with E-state index in [4.69, 9.17) is 4.74 Å². The molecule has 2 heterocycles. The quantitative estimate of drug-likeness (QED) is 0.568. The van der Waals surface area contributed by atoms with Gasteiger partial charge in [-0.15, -0.1) is 11.8 Å². The number of thioether (sulfide) groups is 1. The average Bonchev–Trinajstić information content (AvgIpc) is 2.31. The number of β-lactam (4-membered cyclic amide) rings is 1. The number of nitrogens with zero attached hydrogens (tertiary/aromatic N) is 1. The Balaban J connectivity index is 2.42. The highest BCUT2D eigenvalue weighted by Crippen LogP contribution is 2.48. The first-order valence-electron chi connectivity index (χ1n) is 6.11. The van der Waals surface area contributed by atoms with E-state index >= 15 is 0 Å². The Kier molecular flexibility index (Phi) is 3.88. The van der Waals surface area contributed by atoms with Gasteiger partial charge in [-0.2, -0.15) is 0 Å². The molecule has 106 valence electrons. The molecule has 0 aromatic rings. The van der Waals surface area contributed by atoms with Crippen molar-refractivity contribution in [3.63, 3.8) is 0 Å². The van der Waals surface area contributed by atoms with Gasteiger partial charge in [-0.25, -0.2) is 0 Å². The zero-order valence-corrected chi connectivity index (χ0v) is 14.1. The summed E-state index contributed by atoms with van der Waals surface area (Å²) in [5, 5.41) is -0.105. The Morgan fingerprint density at radius 2 is 2.00 bits per heavy atom. The minimum atomic E-state index is -0.506. The van der Waals surface area contributed by atoms with Crippen LogP contribution in [0.1, 0.15) is 27.7 Å². The molecule has 2 rings (SSSR count). The monoisotopic (exact) mass is 347 g/mol. The van der Waals surface area contributed by atoms with Crippen LogP contribution >= 0.6 is 27.7 Å². The van der Waals surface area contributed by atoms with Crippen molar-refractivity contribution in [2.45, 2.75) is 43.3 Å². The number of allylic oxidation sites excluding steroid dienone is 1. The van der Waals surface area contributed by atoms with E-state index in [2.05, 4.69) is 15.9 Å². The number of hydrogen-bond donors (Lipinski definition) is 0. The van der Waals surface area contributed by atoms with E-state index < -0.39 is 11.5 Å². The van der Waals surface area contributed by atoms with Crippen LogP contribution in [-0.4, -0.2) is 39.3 Å². The van der Waals surface area contributed by atoms with Crippen LogP contribution in [0.25, 0.3) is 0 Å². The van der Waals surface area contributed by atoms with Gasteiger partial charge in [-0.05, 0) is 12.5 Å². The van der Waals surface area contributed by atoms with Gasteiger partial charge in [-0.1, -0.05) is 36.7 Å². The van der Waals surface area contributed by atoms with Gasteiger partial charge in [0.2, 0.25) is 0 Å². The fraction of sp³-hybridized carbons (Fsp3) is 0.692. The summed E-state index contributed by atoms with van der Waals surface area (Å²) in [6, 6.07) is 0. The molecule has 0 aromatic heterocycles. The van der Waals surface area contributed by atoms with Crippen LogP contribution in [0.2, 0.25) is 0 Å². The normalized spacial score (nSPS) is 31.2. The van der Waals surface area contributed by atoms with Gasteiger partial charge in [0.15, 0.2) is 11.9 Å². The van der Waals surface area contributed by atoms with E-state index in [9.17, 15) is 9.59 Å². The van der Waals surface area contributed by atoms with Gasteiger partial charge in [0.25, 0.3) is 5.91 Å². The van der Waals surface area contributed by atoms with Crippen molar-refractivity contribution in [2.24, 2.45) is 5.41 Å². The summed E-state index contributed by atoms with van der Waals surface area (Å²) in [4.78, 5) is 26.3. The maximum Gasteiger partial charge on any atom is 0.260 e. The Bertz CT molecular complexity index is 469. The first-order valence-corrected chi connectivity index (χ1v) is 7.97. The summed E-state index contributed by atoms with van der Waals surface area (Å²) in [6.07, 6.45) is -0.444. The molecule has 0 bridgehead atoms. The van der Waals surface area contributed by atoms with Gasteiger partial charge < -0.3 is 4.74 Å². The average molecular weight is 348 g/mol. The fourth-order valence-electron chi connectivity index (χ4n) is 2.19. The maximum atomic E-state index is 12.6. The minimum absolute atomic E-state index is 0.00246. The van der Waals surface area contributed by atoms with Crippen molar-refractivity contribution in [1.82, 2.24) is 4.90 Å². The number of alkyl halides is 1. The molecular weight excluding hydrogens is 330 g/mol. The largest absolute Gasteiger partial charge is 0.368 e. The van der Waals surface area contributed by atoms with Crippen molar-refractivity contribution in [3.8, 4) is 0 Å². The van der Waals surface area contributed by atoms with E-state index in [0.29, 0.717) is 5.70 Å². The van der Waals surface area contributed by atoms with Crippen LogP contribution in [0.3, 0.4) is 0 Å². The highest BCUT2D eigenvalue weighted by Gasteiger charge is 2.55. The molecule has 6 heteroatoms. The summed E-state index contributed by atoms with van der Waals surface area (Å²) in [5.41, 5.74) is 0.939. The van der Waals surface area contributed by atoms with Gasteiger partial charge >= 0.3 is 0 Å². The zero-order valence-electron chi connectivity index (χ0n) is 11.7. The molecule has 1 amide bonds. The predicted molar refractivity (Wildman–Crippen MR) is 78.9 cm³/mol. The smallest absolute Gasteiger partial charge is 0.260 e. The van der Waals surface area contributed by atoms with Crippen molar-refractivity contribution >= 4 is 39.4 Å². The molecule has 1 fully saturated rings. The van der Waals surface area contributed by atoms with Crippen molar-refractivity contribution < 1.29 is 14.3 Å². The molecule has 0 saturated carbocycles. The number of ether oxygens (including phenoxy) is 1. The lowest BCUT2D eigenvalue weighted by molar-refractivity contribution is -0.160. The molecule has 1 saturated heterocycles. The number of methoxy groups -OCH3 is 1. The lowest BCUT2D eigenvalue weighted by Gasteiger charge is -2.51. The van der Waals surface area contributed by atoms with E-state index in [1.165, 1.54) is 7.11 Å². The SMILES string of the molecule is CO[C@H]1C(=O)N2C(C(=O)C(C)(C)C)=C(C)C(Br)S[C@H]12. The molecule has 0 aliphatic carbocycles. The number of halogens is 1. The second-order valence-corrected chi connectivity index (χ2v) is 8.57. The fourth-order valence-corrected chi connectivity index (χ4v) is 4.33. The molecule has 0 N–H and O–H groups in total. The molecule has 1 unspecified atom stereocenters. The van der Waals surface area contributed by atoms with Crippen LogP contribution in [0.5, 0.6) is 0 Å². The Hall–Kier alpha value is -0.330. The molecule has 0 spiro atoms. The van der Waals surface area contributed by atoms with E-state index in [1.54, 1.807) is 16.7 Å². The molecule has 3 atom stereocenters. The maximum absolute atomic E-state index is 12.6. The molecular formula is C13H18BrNO3S. The summed E-state index contributed by atoms with van der Waals surface area (Å²) in [5.74, 6) is -0.117. The number of Topliss-reactive ketones (excluding diaryl/α,β-unsaturated/α-hetero) is 1. The third-order valence-electron chi connectivity index (χ3n) is 3.36. The van der Waals surface area contributed by atoms with Crippen molar-refractivity contribution in [1.29, 1.82) is 0 Å². The van der Waals surface area contributed by atoms with Crippen molar-refractivity contribution in [3.05, 3.63) is 11.3 Å². The van der Waals surface area contributed by atoms with E-state index in [0.717, 1.165) is 5.57 Å². The van der Waals surface area contributed by atoms with E-state index in [-0.39, 0.29) is 21.2 Å². The lowest BCUT2D eigenvalue weighted by Crippen LogP contribution is -2.66. The first kappa shape index (κ1) is 15.1. The second kappa shape index (κ2) is 4.90. The lowest BCUT2D eigenvalue weighted by atomic mass is 9.86. The molecule has 0 radical (unpaired) electrons. The number of amides is 1. The van der Waals surface area contributed by atoms with Crippen LogP contribution in [0.4, 0.5) is 0 Å². The number of rotatable bonds is 2. The molecule has 2 aliphatic heterocycles. The number of carbonyl (C=O) groups excluding carboxylic acids is 2. The number of hydrogen-bond acceptors (Lipinski definition) is 4. The minimum Gasteiger partial charge on any atom is -0.368 e. The summed E-state index contributed by atoms with van der Waals surface area (Å²) >= 11 is 5.17. The summed E-state index contributed by atoms with van der Waals surface area (Å²) < 4.78 is 5.24.